The maximum atomic E-state index is 9.34. The van der Waals surface area contributed by atoms with Gasteiger partial charge in [-0.05, 0) is 57.9 Å². The first-order valence-corrected chi connectivity index (χ1v) is 7.38. The summed E-state index contributed by atoms with van der Waals surface area (Å²) in [6.45, 7) is 0. The minimum absolute atomic E-state index is 0.584. The third-order valence-electron chi connectivity index (χ3n) is 2.70. The first-order chi connectivity index (χ1) is 9.67. The van der Waals surface area contributed by atoms with Crippen molar-refractivity contribution in [3.05, 3.63) is 44.6 Å². The first kappa shape index (κ1) is 14.6. The van der Waals surface area contributed by atoms with E-state index in [1.807, 2.05) is 24.3 Å². The quantitative estimate of drug-likeness (QED) is 0.758. The third-order valence-corrected chi connectivity index (χ3v) is 4.27. The number of rotatable bonds is 4. The van der Waals surface area contributed by atoms with Crippen LogP contribution in [0.1, 0.15) is 10.4 Å². The number of nitriles is 1. The van der Waals surface area contributed by atoms with E-state index in [4.69, 9.17) is 9.47 Å². The monoisotopic (exact) mass is 349 g/mol. The van der Waals surface area contributed by atoms with E-state index in [2.05, 4.69) is 22.0 Å². The van der Waals surface area contributed by atoms with Gasteiger partial charge in [0.15, 0.2) is 11.5 Å². The molecule has 0 aliphatic rings. The molecule has 0 fully saturated rings. The molecule has 0 unspecified atom stereocenters. The smallest absolute Gasteiger partial charge is 0.161 e. The van der Waals surface area contributed by atoms with E-state index in [1.165, 1.54) is 0 Å². The van der Waals surface area contributed by atoms with Gasteiger partial charge in [-0.2, -0.15) is 5.26 Å². The molecule has 0 aliphatic carbocycles. The van der Waals surface area contributed by atoms with Crippen LogP contribution in [0.5, 0.6) is 11.5 Å². The van der Waals surface area contributed by atoms with Crippen LogP contribution in [-0.4, -0.2) is 14.2 Å². The van der Waals surface area contributed by atoms with Crippen LogP contribution in [-0.2, 0) is 0 Å². The van der Waals surface area contributed by atoms with E-state index in [-0.39, 0.29) is 0 Å². The number of thiophene rings is 1. The van der Waals surface area contributed by atoms with Crippen molar-refractivity contribution in [1.29, 1.82) is 5.26 Å². The minimum Gasteiger partial charge on any atom is -0.493 e. The van der Waals surface area contributed by atoms with Gasteiger partial charge in [0.25, 0.3) is 0 Å². The second kappa shape index (κ2) is 6.60. The van der Waals surface area contributed by atoms with E-state index in [9.17, 15) is 5.26 Å². The molecule has 2 aromatic rings. The molecule has 1 heterocycles. The summed E-state index contributed by atoms with van der Waals surface area (Å²) in [7, 11) is 3.16. The zero-order valence-corrected chi connectivity index (χ0v) is 13.4. The summed E-state index contributed by atoms with van der Waals surface area (Å²) in [6, 6.07) is 11.6. The topological polar surface area (TPSA) is 42.2 Å². The van der Waals surface area contributed by atoms with Gasteiger partial charge in [-0.15, -0.1) is 11.3 Å². The molecule has 2 rings (SSSR count). The fraction of sp³-hybridized carbons (Fsp3) is 0.133. The molecule has 0 saturated heterocycles. The van der Waals surface area contributed by atoms with Crippen LogP contribution >= 0.6 is 27.3 Å². The lowest BCUT2D eigenvalue weighted by molar-refractivity contribution is 0.355. The number of methoxy groups -OCH3 is 2. The van der Waals surface area contributed by atoms with E-state index >= 15 is 0 Å². The van der Waals surface area contributed by atoms with Gasteiger partial charge in [-0.3, -0.25) is 0 Å². The number of allylic oxidation sites excluding steroid dienone is 1. The molecular weight excluding hydrogens is 338 g/mol. The van der Waals surface area contributed by atoms with Crippen molar-refractivity contribution in [1.82, 2.24) is 0 Å². The summed E-state index contributed by atoms with van der Waals surface area (Å²) in [5, 5.41) is 9.34. The van der Waals surface area contributed by atoms with E-state index < -0.39 is 0 Å². The Bertz CT molecular complexity index is 685. The lowest BCUT2D eigenvalue weighted by atomic mass is 10.1. The highest BCUT2D eigenvalue weighted by molar-refractivity contribution is 9.11. The number of halogens is 1. The molecule has 0 spiro atoms. The van der Waals surface area contributed by atoms with E-state index in [0.29, 0.717) is 17.1 Å². The summed E-state index contributed by atoms with van der Waals surface area (Å²) in [5.41, 5.74) is 1.38. The van der Waals surface area contributed by atoms with Crippen molar-refractivity contribution >= 4 is 38.9 Å². The largest absolute Gasteiger partial charge is 0.493 e. The van der Waals surface area contributed by atoms with Crippen LogP contribution in [0, 0.1) is 11.3 Å². The van der Waals surface area contributed by atoms with Crippen molar-refractivity contribution in [2.45, 2.75) is 0 Å². The lowest BCUT2D eigenvalue weighted by Crippen LogP contribution is -1.92. The fourth-order valence-corrected chi connectivity index (χ4v) is 3.10. The summed E-state index contributed by atoms with van der Waals surface area (Å²) in [5.74, 6) is 1.26. The van der Waals surface area contributed by atoms with Crippen molar-refractivity contribution in [2.75, 3.05) is 14.2 Å². The highest BCUT2D eigenvalue weighted by atomic mass is 79.9. The average Bonchev–Trinajstić information content (AvgIpc) is 2.89. The van der Waals surface area contributed by atoms with Gasteiger partial charge in [-0.25, -0.2) is 0 Å². The first-order valence-electron chi connectivity index (χ1n) is 5.77. The van der Waals surface area contributed by atoms with E-state index in [1.54, 1.807) is 37.7 Å². The fourth-order valence-electron chi connectivity index (χ4n) is 1.73. The molecule has 0 saturated carbocycles. The molecule has 20 heavy (non-hydrogen) atoms. The highest BCUT2D eigenvalue weighted by Crippen LogP contribution is 2.32. The third kappa shape index (κ3) is 3.21. The van der Waals surface area contributed by atoms with Gasteiger partial charge in [0.2, 0.25) is 0 Å². The normalized spacial score (nSPS) is 11.0. The van der Waals surface area contributed by atoms with Crippen LogP contribution in [0.3, 0.4) is 0 Å². The van der Waals surface area contributed by atoms with Gasteiger partial charge in [0.1, 0.15) is 0 Å². The maximum Gasteiger partial charge on any atom is 0.161 e. The second-order valence-electron chi connectivity index (χ2n) is 3.88. The van der Waals surface area contributed by atoms with Gasteiger partial charge in [0, 0.05) is 4.88 Å². The minimum atomic E-state index is 0.584. The van der Waals surface area contributed by atoms with Crippen LogP contribution in [0.25, 0.3) is 11.6 Å². The van der Waals surface area contributed by atoms with Crippen LogP contribution in [0.2, 0.25) is 0 Å². The molecule has 5 heteroatoms. The van der Waals surface area contributed by atoms with Gasteiger partial charge in [-0.1, -0.05) is 0 Å². The average molecular weight is 350 g/mol. The molecule has 1 aromatic heterocycles. The summed E-state index contributed by atoms with van der Waals surface area (Å²) in [6.07, 6.45) is 1.86. The number of ether oxygens (including phenoxy) is 2. The molecule has 0 radical (unpaired) electrons. The molecule has 102 valence electrons. The number of hydrogen-bond acceptors (Lipinski definition) is 4. The Morgan fingerprint density at radius 1 is 1.20 bits per heavy atom. The number of benzene rings is 1. The summed E-state index contributed by atoms with van der Waals surface area (Å²) >= 11 is 4.99. The Morgan fingerprint density at radius 2 is 1.95 bits per heavy atom. The molecular formula is C15H12BrNO2S. The predicted molar refractivity (Wildman–Crippen MR) is 85.0 cm³/mol. The van der Waals surface area contributed by atoms with Crippen molar-refractivity contribution < 1.29 is 9.47 Å². The Labute approximate surface area is 130 Å². The molecule has 0 N–H and O–H groups in total. The van der Waals surface area contributed by atoms with Crippen molar-refractivity contribution in [3.63, 3.8) is 0 Å². The second-order valence-corrected chi connectivity index (χ2v) is 6.38. The van der Waals surface area contributed by atoms with Crippen LogP contribution < -0.4 is 9.47 Å². The summed E-state index contributed by atoms with van der Waals surface area (Å²) in [4.78, 5) is 1.02. The van der Waals surface area contributed by atoms with Gasteiger partial charge >= 0.3 is 0 Å². The number of nitrogens with zero attached hydrogens (tertiary/aromatic N) is 1. The highest BCUT2D eigenvalue weighted by Gasteiger charge is 2.08. The zero-order chi connectivity index (χ0) is 14.5. The molecule has 0 atom stereocenters. The predicted octanol–water partition coefficient (Wildman–Crippen LogP) is 4.59. The Kier molecular flexibility index (Phi) is 4.83. The maximum absolute atomic E-state index is 9.34. The Balaban J connectivity index is 2.42. The van der Waals surface area contributed by atoms with Gasteiger partial charge < -0.3 is 9.47 Å². The van der Waals surface area contributed by atoms with Gasteiger partial charge in [0.05, 0.1) is 29.6 Å². The summed E-state index contributed by atoms with van der Waals surface area (Å²) < 4.78 is 11.5. The molecule has 0 bridgehead atoms. The molecule has 1 aromatic carbocycles. The van der Waals surface area contributed by atoms with Crippen LogP contribution in [0.15, 0.2) is 34.1 Å². The Morgan fingerprint density at radius 3 is 2.50 bits per heavy atom. The van der Waals surface area contributed by atoms with Crippen molar-refractivity contribution in [3.8, 4) is 17.6 Å². The molecule has 3 nitrogen and oxygen atoms in total. The Hall–Kier alpha value is -1.77. The molecule has 0 amide bonds. The zero-order valence-electron chi connectivity index (χ0n) is 11.0. The SMILES string of the molecule is COc1ccc(/C(C#N)=C/c2ccc(Br)s2)cc1OC. The van der Waals surface area contributed by atoms with Crippen LogP contribution in [0.4, 0.5) is 0 Å². The molecule has 0 aliphatic heterocycles. The number of hydrogen-bond donors (Lipinski definition) is 0. The standard InChI is InChI=1S/C15H12BrNO2S/c1-18-13-5-3-10(8-14(13)19-2)11(9-17)7-12-4-6-15(16)20-12/h3-8H,1-2H3/b11-7+. The lowest BCUT2D eigenvalue weighted by Gasteiger charge is -2.08. The van der Waals surface area contributed by atoms with E-state index in [0.717, 1.165) is 14.2 Å². The van der Waals surface area contributed by atoms with Crippen molar-refractivity contribution in [2.24, 2.45) is 0 Å².